The van der Waals surface area contributed by atoms with Crippen molar-refractivity contribution in [3.63, 3.8) is 0 Å². The van der Waals surface area contributed by atoms with Crippen molar-refractivity contribution in [2.24, 2.45) is 5.92 Å². The van der Waals surface area contributed by atoms with Crippen molar-refractivity contribution in [2.45, 2.75) is 19.4 Å². The lowest BCUT2D eigenvalue weighted by Crippen LogP contribution is -2.46. The van der Waals surface area contributed by atoms with Crippen LogP contribution in [0.1, 0.15) is 23.9 Å². The number of sulfone groups is 1. The minimum Gasteiger partial charge on any atom is -0.451 e. The van der Waals surface area contributed by atoms with Gasteiger partial charge in [-0.2, -0.15) is 0 Å². The van der Waals surface area contributed by atoms with Gasteiger partial charge in [0.2, 0.25) is 5.91 Å². The summed E-state index contributed by atoms with van der Waals surface area (Å²) in [5.74, 6) is -0.219. The second-order valence-electron chi connectivity index (χ2n) is 6.85. The zero-order valence-electron chi connectivity index (χ0n) is 15.3. The van der Waals surface area contributed by atoms with Crippen LogP contribution in [0.5, 0.6) is 0 Å². The fraction of sp³-hybridized carbons (Fsp3) is 0.368. The number of halogens is 1. The van der Waals surface area contributed by atoms with Crippen molar-refractivity contribution in [3.8, 4) is 11.3 Å². The zero-order valence-corrected chi connectivity index (χ0v) is 16.8. The molecule has 0 bridgehead atoms. The quantitative estimate of drug-likeness (QED) is 0.740. The molecule has 0 saturated carbocycles. The van der Waals surface area contributed by atoms with E-state index in [-0.39, 0.29) is 35.6 Å². The Kier molecular flexibility index (Phi) is 6.10. The summed E-state index contributed by atoms with van der Waals surface area (Å²) in [7, 11) is -2.99. The van der Waals surface area contributed by atoms with Gasteiger partial charge >= 0.3 is 0 Å². The first-order valence-electron chi connectivity index (χ1n) is 8.89. The number of hydrogen-bond donors (Lipinski definition) is 2. The van der Waals surface area contributed by atoms with Gasteiger partial charge in [0, 0.05) is 12.1 Å². The van der Waals surface area contributed by atoms with Crippen LogP contribution in [0.3, 0.4) is 0 Å². The van der Waals surface area contributed by atoms with Crippen LogP contribution in [0.4, 0.5) is 0 Å². The molecule has 2 aromatic rings. The Morgan fingerprint density at radius 2 is 2.00 bits per heavy atom. The number of amides is 2. The van der Waals surface area contributed by atoms with Crippen molar-refractivity contribution in [1.29, 1.82) is 0 Å². The summed E-state index contributed by atoms with van der Waals surface area (Å²) < 4.78 is 28.5. The molecule has 7 nitrogen and oxygen atoms in total. The highest BCUT2D eigenvalue weighted by molar-refractivity contribution is 7.91. The largest absolute Gasteiger partial charge is 0.451 e. The summed E-state index contributed by atoms with van der Waals surface area (Å²) in [5, 5.41) is 5.77. The Morgan fingerprint density at radius 3 is 2.68 bits per heavy atom. The number of nitrogens with one attached hydrogen (secondary N) is 2. The van der Waals surface area contributed by atoms with Crippen LogP contribution in [-0.4, -0.2) is 44.3 Å². The second kappa shape index (κ2) is 8.36. The van der Waals surface area contributed by atoms with Crippen LogP contribution in [0.2, 0.25) is 5.02 Å². The van der Waals surface area contributed by atoms with Gasteiger partial charge in [0.25, 0.3) is 5.91 Å². The van der Waals surface area contributed by atoms with Gasteiger partial charge in [0.15, 0.2) is 15.6 Å². The fourth-order valence-corrected chi connectivity index (χ4v) is 5.12. The van der Waals surface area contributed by atoms with Crippen LogP contribution in [0.25, 0.3) is 11.3 Å². The van der Waals surface area contributed by atoms with Crippen LogP contribution >= 0.6 is 11.6 Å². The van der Waals surface area contributed by atoms with E-state index in [9.17, 15) is 18.0 Å². The Hall–Kier alpha value is -2.32. The molecule has 9 heteroatoms. The van der Waals surface area contributed by atoms with Crippen LogP contribution < -0.4 is 10.6 Å². The van der Waals surface area contributed by atoms with E-state index in [4.69, 9.17) is 16.0 Å². The van der Waals surface area contributed by atoms with E-state index in [1.807, 2.05) is 6.07 Å². The summed E-state index contributed by atoms with van der Waals surface area (Å²) in [4.78, 5) is 24.5. The van der Waals surface area contributed by atoms with Gasteiger partial charge in [0.05, 0.1) is 16.5 Å². The van der Waals surface area contributed by atoms with E-state index in [1.54, 1.807) is 31.2 Å². The summed E-state index contributed by atoms with van der Waals surface area (Å²) in [6.45, 7) is 1.83. The van der Waals surface area contributed by atoms with Gasteiger partial charge in [-0.25, -0.2) is 8.42 Å². The molecule has 0 spiro atoms. The summed E-state index contributed by atoms with van der Waals surface area (Å²) in [5.41, 5.74) is 0.667. The van der Waals surface area contributed by atoms with Gasteiger partial charge in [-0.05, 0) is 43.5 Å². The number of benzene rings is 1. The van der Waals surface area contributed by atoms with E-state index >= 15 is 0 Å². The lowest BCUT2D eigenvalue weighted by atomic mass is 10.1. The minimum atomic E-state index is -2.99. The molecule has 1 aliphatic rings. The predicted molar refractivity (Wildman–Crippen MR) is 106 cm³/mol. The monoisotopic (exact) mass is 424 g/mol. The number of furan rings is 1. The molecule has 1 aromatic carbocycles. The SMILES string of the molecule is CC(NC(=O)c1ccc(-c2ccccc2Cl)o1)C(=O)NCC1CCS(=O)(=O)C1. The Labute approximate surface area is 168 Å². The molecular weight excluding hydrogens is 404 g/mol. The van der Waals surface area contributed by atoms with E-state index in [0.717, 1.165) is 0 Å². The highest BCUT2D eigenvalue weighted by Crippen LogP contribution is 2.29. The first kappa shape index (κ1) is 20.4. The molecule has 0 aliphatic carbocycles. The maximum Gasteiger partial charge on any atom is 0.287 e. The molecular formula is C19H21ClN2O5S. The minimum absolute atomic E-state index is 0.0662. The summed E-state index contributed by atoms with van der Waals surface area (Å²) >= 11 is 6.13. The van der Waals surface area contributed by atoms with Crippen molar-refractivity contribution in [1.82, 2.24) is 10.6 Å². The molecule has 150 valence electrons. The fourth-order valence-electron chi connectivity index (χ4n) is 3.03. The van der Waals surface area contributed by atoms with Crippen LogP contribution in [0.15, 0.2) is 40.8 Å². The van der Waals surface area contributed by atoms with Crippen LogP contribution in [0, 0.1) is 5.92 Å². The molecule has 1 aliphatic heterocycles. The molecule has 1 fully saturated rings. The van der Waals surface area contributed by atoms with Crippen molar-refractivity contribution in [3.05, 3.63) is 47.2 Å². The standard InChI is InChI=1S/C19H21ClN2O5S/c1-12(18(23)21-10-13-8-9-28(25,26)11-13)22-19(24)17-7-6-16(27-17)14-4-2-3-5-15(14)20/h2-7,12-13H,8-11H2,1H3,(H,21,23)(H,22,24). The van der Waals surface area contributed by atoms with Crippen molar-refractivity contribution < 1.29 is 22.4 Å². The van der Waals surface area contributed by atoms with Crippen molar-refractivity contribution >= 4 is 33.3 Å². The maximum absolute atomic E-state index is 12.3. The first-order valence-corrected chi connectivity index (χ1v) is 11.1. The molecule has 2 unspecified atom stereocenters. The third-order valence-electron chi connectivity index (χ3n) is 4.60. The zero-order chi connectivity index (χ0) is 20.3. The highest BCUT2D eigenvalue weighted by atomic mass is 35.5. The lowest BCUT2D eigenvalue weighted by molar-refractivity contribution is -0.122. The van der Waals surface area contributed by atoms with Gasteiger partial charge in [-0.3, -0.25) is 9.59 Å². The Balaban J connectivity index is 1.54. The van der Waals surface area contributed by atoms with E-state index in [1.165, 1.54) is 6.07 Å². The van der Waals surface area contributed by atoms with Crippen LogP contribution in [-0.2, 0) is 14.6 Å². The lowest BCUT2D eigenvalue weighted by Gasteiger charge is -2.15. The molecule has 28 heavy (non-hydrogen) atoms. The van der Waals surface area contributed by atoms with Crippen molar-refractivity contribution in [2.75, 3.05) is 18.1 Å². The predicted octanol–water partition coefficient (Wildman–Crippen LogP) is 2.27. The number of hydrogen-bond acceptors (Lipinski definition) is 5. The molecule has 3 rings (SSSR count). The normalized spacial score (nSPS) is 19.1. The summed E-state index contributed by atoms with van der Waals surface area (Å²) in [6, 6.07) is 9.47. The molecule has 1 aromatic heterocycles. The Morgan fingerprint density at radius 1 is 1.25 bits per heavy atom. The highest BCUT2D eigenvalue weighted by Gasteiger charge is 2.28. The number of carbonyl (C=O) groups is 2. The molecule has 2 heterocycles. The smallest absolute Gasteiger partial charge is 0.287 e. The number of carbonyl (C=O) groups excluding carboxylic acids is 2. The third-order valence-corrected chi connectivity index (χ3v) is 6.77. The van der Waals surface area contributed by atoms with E-state index in [2.05, 4.69) is 10.6 Å². The van der Waals surface area contributed by atoms with E-state index in [0.29, 0.717) is 22.8 Å². The maximum atomic E-state index is 12.3. The molecule has 2 atom stereocenters. The van der Waals surface area contributed by atoms with E-state index < -0.39 is 21.8 Å². The van der Waals surface area contributed by atoms with Gasteiger partial charge < -0.3 is 15.1 Å². The summed E-state index contributed by atoms with van der Waals surface area (Å²) in [6.07, 6.45) is 0.542. The Bertz CT molecular complexity index is 986. The molecule has 1 saturated heterocycles. The van der Waals surface area contributed by atoms with Gasteiger partial charge in [-0.15, -0.1) is 0 Å². The van der Waals surface area contributed by atoms with Gasteiger partial charge in [0.1, 0.15) is 11.8 Å². The second-order valence-corrected chi connectivity index (χ2v) is 9.49. The first-order chi connectivity index (χ1) is 13.2. The molecule has 2 N–H and O–H groups in total. The topological polar surface area (TPSA) is 105 Å². The molecule has 0 radical (unpaired) electrons. The molecule has 2 amide bonds. The number of rotatable bonds is 6. The average molecular weight is 425 g/mol. The van der Waals surface area contributed by atoms with Gasteiger partial charge in [-0.1, -0.05) is 23.7 Å². The third kappa shape index (κ3) is 4.94. The average Bonchev–Trinajstić information content (AvgIpc) is 3.26.